The summed E-state index contributed by atoms with van der Waals surface area (Å²) in [6, 6.07) is 10.4. The third-order valence-electron chi connectivity index (χ3n) is 3.73. The van der Waals surface area contributed by atoms with Gasteiger partial charge in [-0.3, -0.25) is 0 Å². The fourth-order valence-electron chi connectivity index (χ4n) is 2.93. The van der Waals surface area contributed by atoms with Crippen LogP contribution >= 0.6 is 0 Å². The van der Waals surface area contributed by atoms with Gasteiger partial charge in [-0.1, -0.05) is 30.3 Å². The van der Waals surface area contributed by atoms with E-state index in [2.05, 4.69) is 48.1 Å². The van der Waals surface area contributed by atoms with E-state index >= 15 is 0 Å². The fourth-order valence-corrected chi connectivity index (χ4v) is 2.93. The Morgan fingerprint density at radius 3 is 2.45 bits per heavy atom. The fraction of sp³-hybridized carbons (Fsp3) is 0.375. The van der Waals surface area contributed by atoms with Crippen LogP contribution in [0.25, 0.3) is 0 Å². The summed E-state index contributed by atoms with van der Waals surface area (Å²) >= 11 is 0. The quantitative estimate of drug-likeness (QED) is 0.840. The molecule has 4 heteroatoms. The van der Waals surface area contributed by atoms with Crippen LogP contribution in [0.3, 0.4) is 0 Å². The summed E-state index contributed by atoms with van der Waals surface area (Å²) in [5.41, 5.74) is 1.98. The Kier molecular flexibility index (Phi) is 2.89. The number of aromatic nitrogens is 2. The number of anilines is 1. The summed E-state index contributed by atoms with van der Waals surface area (Å²) < 4.78 is 6.07. The SMILES string of the molecule is CN(C)c1ncnc2c1[C@@H](c1ccccc1)C(C)(C)O2. The summed E-state index contributed by atoms with van der Waals surface area (Å²) in [5, 5.41) is 0. The van der Waals surface area contributed by atoms with Gasteiger partial charge in [0.05, 0.1) is 11.5 Å². The maximum absolute atomic E-state index is 6.07. The van der Waals surface area contributed by atoms with Crippen molar-refractivity contribution in [3.8, 4) is 5.88 Å². The minimum Gasteiger partial charge on any atom is -0.470 e. The highest BCUT2D eigenvalue weighted by Gasteiger charge is 2.45. The Hall–Kier alpha value is -2.10. The van der Waals surface area contributed by atoms with Gasteiger partial charge in [-0.05, 0) is 19.4 Å². The molecule has 0 unspecified atom stereocenters. The van der Waals surface area contributed by atoms with E-state index in [1.54, 1.807) is 6.33 Å². The van der Waals surface area contributed by atoms with Crippen molar-refractivity contribution in [3.63, 3.8) is 0 Å². The van der Waals surface area contributed by atoms with Crippen LogP contribution in [0, 0.1) is 0 Å². The molecule has 0 fully saturated rings. The molecular formula is C16H19N3O. The number of hydrogen-bond donors (Lipinski definition) is 0. The normalized spacial score (nSPS) is 19.3. The van der Waals surface area contributed by atoms with Crippen LogP contribution in [0.4, 0.5) is 5.82 Å². The highest BCUT2D eigenvalue weighted by Crippen LogP contribution is 2.49. The molecule has 0 aliphatic carbocycles. The molecule has 1 aromatic carbocycles. The Morgan fingerprint density at radius 2 is 1.80 bits per heavy atom. The first kappa shape index (κ1) is 12.9. The molecule has 0 radical (unpaired) electrons. The second-order valence-corrected chi connectivity index (χ2v) is 5.86. The molecule has 1 aliphatic heterocycles. The molecule has 1 atom stereocenters. The van der Waals surface area contributed by atoms with Gasteiger partial charge in [0.1, 0.15) is 17.7 Å². The van der Waals surface area contributed by atoms with E-state index in [0.717, 1.165) is 11.4 Å². The zero-order valence-corrected chi connectivity index (χ0v) is 12.3. The van der Waals surface area contributed by atoms with E-state index in [-0.39, 0.29) is 11.5 Å². The molecule has 0 saturated heterocycles. The number of benzene rings is 1. The lowest BCUT2D eigenvalue weighted by atomic mass is 9.81. The Labute approximate surface area is 119 Å². The van der Waals surface area contributed by atoms with E-state index in [9.17, 15) is 0 Å². The lowest BCUT2D eigenvalue weighted by molar-refractivity contribution is 0.117. The van der Waals surface area contributed by atoms with Crippen molar-refractivity contribution in [3.05, 3.63) is 47.8 Å². The van der Waals surface area contributed by atoms with Crippen LogP contribution in [-0.2, 0) is 0 Å². The molecule has 20 heavy (non-hydrogen) atoms. The van der Waals surface area contributed by atoms with Crippen molar-refractivity contribution in [2.75, 3.05) is 19.0 Å². The number of nitrogens with zero attached hydrogens (tertiary/aromatic N) is 3. The molecule has 0 amide bonds. The van der Waals surface area contributed by atoms with Crippen molar-refractivity contribution in [2.24, 2.45) is 0 Å². The molecule has 0 saturated carbocycles. The number of fused-ring (bicyclic) bond motifs is 1. The third kappa shape index (κ3) is 1.92. The maximum Gasteiger partial charge on any atom is 0.223 e. The number of rotatable bonds is 2. The standard InChI is InChI=1S/C16H19N3O/c1-16(2)13(11-8-6-5-7-9-11)12-14(19(3)4)17-10-18-15(12)20-16/h5-10,13H,1-4H3/t13-/m1/s1. The highest BCUT2D eigenvalue weighted by atomic mass is 16.5. The van der Waals surface area contributed by atoms with E-state index < -0.39 is 0 Å². The van der Waals surface area contributed by atoms with Crippen LogP contribution in [0.1, 0.15) is 30.9 Å². The van der Waals surface area contributed by atoms with Gasteiger partial charge < -0.3 is 9.64 Å². The predicted octanol–water partition coefficient (Wildman–Crippen LogP) is 2.85. The highest BCUT2D eigenvalue weighted by molar-refractivity contribution is 5.58. The van der Waals surface area contributed by atoms with Gasteiger partial charge in [-0.25, -0.2) is 9.97 Å². The summed E-state index contributed by atoms with van der Waals surface area (Å²) in [5.74, 6) is 1.76. The lowest BCUT2D eigenvalue weighted by Crippen LogP contribution is -2.31. The van der Waals surface area contributed by atoms with Gasteiger partial charge in [0.2, 0.25) is 5.88 Å². The Bertz CT molecular complexity index is 623. The van der Waals surface area contributed by atoms with E-state index in [4.69, 9.17) is 4.74 Å². The van der Waals surface area contributed by atoms with Crippen LogP contribution in [0.5, 0.6) is 5.88 Å². The zero-order valence-electron chi connectivity index (χ0n) is 12.3. The molecule has 0 bridgehead atoms. The van der Waals surface area contributed by atoms with Gasteiger partial charge in [-0.2, -0.15) is 0 Å². The summed E-state index contributed by atoms with van der Waals surface area (Å²) in [7, 11) is 3.99. The van der Waals surface area contributed by atoms with Crippen LogP contribution in [0.2, 0.25) is 0 Å². The van der Waals surface area contributed by atoms with Gasteiger partial charge in [-0.15, -0.1) is 0 Å². The minimum atomic E-state index is -0.329. The van der Waals surface area contributed by atoms with Crippen molar-refractivity contribution < 1.29 is 4.74 Å². The summed E-state index contributed by atoms with van der Waals surface area (Å²) in [6.45, 7) is 4.21. The molecule has 2 heterocycles. The van der Waals surface area contributed by atoms with Gasteiger partial charge >= 0.3 is 0 Å². The van der Waals surface area contributed by atoms with E-state index in [1.165, 1.54) is 5.56 Å². The predicted molar refractivity (Wildman–Crippen MR) is 79.4 cm³/mol. The minimum absolute atomic E-state index is 0.136. The second-order valence-electron chi connectivity index (χ2n) is 5.86. The van der Waals surface area contributed by atoms with E-state index in [1.807, 2.05) is 25.1 Å². The van der Waals surface area contributed by atoms with Gasteiger partial charge in [0.25, 0.3) is 0 Å². The molecule has 0 N–H and O–H groups in total. The second kappa shape index (κ2) is 4.47. The molecule has 1 aliphatic rings. The van der Waals surface area contributed by atoms with Crippen molar-refractivity contribution in [1.82, 2.24) is 9.97 Å². The van der Waals surface area contributed by atoms with Crippen LogP contribution in [-0.4, -0.2) is 29.7 Å². The first-order chi connectivity index (χ1) is 9.50. The molecule has 0 spiro atoms. The molecule has 2 aromatic rings. The van der Waals surface area contributed by atoms with Crippen LogP contribution < -0.4 is 9.64 Å². The maximum atomic E-state index is 6.07. The largest absolute Gasteiger partial charge is 0.470 e. The van der Waals surface area contributed by atoms with Gasteiger partial charge in [0.15, 0.2) is 0 Å². The lowest BCUT2D eigenvalue weighted by Gasteiger charge is -2.27. The molecule has 3 rings (SSSR count). The third-order valence-corrected chi connectivity index (χ3v) is 3.73. The van der Waals surface area contributed by atoms with Crippen molar-refractivity contribution in [1.29, 1.82) is 0 Å². The molecule has 104 valence electrons. The summed E-state index contributed by atoms with van der Waals surface area (Å²) in [6.07, 6.45) is 1.57. The molecular weight excluding hydrogens is 250 g/mol. The first-order valence-corrected chi connectivity index (χ1v) is 6.77. The first-order valence-electron chi connectivity index (χ1n) is 6.77. The molecule has 1 aromatic heterocycles. The Morgan fingerprint density at radius 1 is 1.10 bits per heavy atom. The van der Waals surface area contributed by atoms with E-state index in [0.29, 0.717) is 5.88 Å². The average Bonchev–Trinajstić information content (AvgIpc) is 2.68. The number of hydrogen-bond acceptors (Lipinski definition) is 4. The van der Waals surface area contributed by atoms with Crippen molar-refractivity contribution in [2.45, 2.75) is 25.4 Å². The number of ether oxygens (including phenoxy) is 1. The smallest absolute Gasteiger partial charge is 0.223 e. The average molecular weight is 269 g/mol. The topological polar surface area (TPSA) is 38.2 Å². The monoisotopic (exact) mass is 269 g/mol. The van der Waals surface area contributed by atoms with Crippen LogP contribution in [0.15, 0.2) is 36.7 Å². The van der Waals surface area contributed by atoms with Crippen molar-refractivity contribution >= 4 is 5.82 Å². The van der Waals surface area contributed by atoms with Gasteiger partial charge in [0, 0.05) is 14.1 Å². The zero-order chi connectivity index (χ0) is 14.3. The summed E-state index contributed by atoms with van der Waals surface area (Å²) in [4.78, 5) is 10.8. The molecule has 4 nitrogen and oxygen atoms in total. The Balaban J connectivity index is 2.21.